The third-order valence-electron chi connectivity index (χ3n) is 4.16. The summed E-state index contributed by atoms with van der Waals surface area (Å²) in [6.07, 6.45) is 5.51. The predicted octanol–water partition coefficient (Wildman–Crippen LogP) is 3.04. The van der Waals surface area contributed by atoms with Crippen LogP contribution in [0, 0.1) is 5.92 Å². The molecular formula is C15H21NO. The highest BCUT2D eigenvalue weighted by Crippen LogP contribution is 2.32. The zero-order valence-corrected chi connectivity index (χ0v) is 10.3. The average Bonchev–Trinajstić information content (AvgIpc) is 2.40. The molecule has 2 fully saturated rings. The first-order valence-corrected chi connectivity index (χ1v) is 6.79. The average molecular weight is 231 g/mol. The highest BCUT2D eigenvalue weighted by atomic mass is 16.5. The van der Waals surface area contributed by atoms with E-state index in [0.29, 0.717) is 0 Å². The second-order valence-electron chi connectivity index (χ2n) is 5.34. The molecule has 0 radical (unpaired) electrons. The van der Waals surface area contributed by atoms with Crippen LogP contribution in [0.4, 0.5) is 0 Å². The van der Waals surface area contributed by atoms with Gasteiger partial charge in [-0.3, -0.25) is 4.90 Å². The van der Waals surface area contributed by atoms with Gasteiger partial charge in [-0.2, -0.15) is 0 Å². The summed E-state index contributed by atoms with van der Waals surface area (Å²) in [6.45, 7) is 2.84. The molecular weight excluding hydrogens is 210 g/mol. The van der Waals surface area contributed by atoms with Crippen molar-refractivity contribution in [1.82, 2.24) is 4.90 Å². The molecule has 1 aromatic rings. The van der Waals surface area contributed by atoms with Crippen LogP contribution in [0.2, 0.25) is 0 Å². The summed E-state index contributed by atoms with van der Waals surface area (Å²) in [7, 11) is 0. The van der Waals surface area contributed by atoms with E-state index in [1.54, 1.807) is 0 Å². The van der Waals surface area contributed by atoms with Crippen molar-refractivity contribution in [3.8, 4) is 0 Å². The third-order valence-corrected chi connectivity index (χ3v) is 4.16. The SMILES string of the molecule is c1ccc(CN2COC[C@@H]3CCCC[C@@H]32)cc1. The Morgan fingerprint density at radius 2 is 1.94 bits per heavy atom. The summed E-state index contributed by atoms with van der Waals surface area (Å²) in [4.78, 5) is 2.53. The van der Waals surface area contributed by atoms with Crippen LogP contribution in [0.15, 0.2) is 30.3 Å². The lowest BCUT2D eigenvalue weighted by Gasteiger charge is -2.43. The minimum atomic E-state index is 0.762. The molecule has 0 bridgehead atoms. The largest absolute Gasteiger partial charge is 0.366 e. The fourth-order valence-electron chi connectivity index (χ4n) is 3.26. The van der Waals surface area contributed by atoms with Crippen molar-refractivity contribution in [1.29, 1.82) is 0 Å². The summed E-state index contributed by atoms with van der Waals surface area (Å²) < 4.78 is 5.75. The van der Waals surface area contributed by atoms with E-state index < -0.39 is 0 Å². The van der Waals surface area contributed by atoms with E-state index in [2.05, 4.69) is 35.2 Å². The van der Waals surface area contributed by atoms with Gasteiger partial charge in [0.2, 0.25) is 0 Å². The first-order chi connectivity index (χ1) is 8.43. The van der Waals surface area contributed by atoms with Gasteiger partial charge in [0.25, 0.3) is 0 Å². The van der Waals surface area contributed by atoms with Gasteiger partial charge >= 0.3 is 0 Å². The zero-order chi connectivity index (χ0) is 11.5. The molecule has 1 aliphatic heterocycles. The third kappa shape index (κ3) is 2.53. The van der Waals surface area contributed by atoms with E-state index in [-0.39, 0.29) is 0 Å². The molecule has 2 nitrogen and oxygen atoms in total. The van der Waals surface area contributed by atoms with Gasteiger partial charge in [0, 0.05) is 12.6 Å². The van der Waals surface area contributed by atoms with Crippen LogP contribution >= 0.6 is 0 Å². The summed E-state index contributed by atoms with van der Waals surface area (Å²) in [5.74, 6) is 0.779. The van der Waals surface area contributed by atoms with Crippen LogP contribution < -0.4 is 0 Å². The van der Waals surface area contributed by atoms with Gasteiger partial charge in [-0.15, -0.1) is 0 Å². The van der Waals surface area contributed by atoms with Gasteiger partial charge < -0.3 is 4.74 Å². The molecule has 1 saturated carbocycles. The first-order valence-electron chi connectivity index (χ1n) is 6.79. The minimum absolute atomic E-state index is 0.762. The Labute approximate surface area is 104 Å². The monoisotopic (exact) mass is 231 g/mol. The molecule has 2 heteroatoms. The van der Waals surface area contributed by atoms with Crippen molar-refractivity contribution < 1.29 is 4.74 Å². The molecule has 2 atom stereocenters. The van der Waals surface area contributed by atoms with Crippen LogP contribution in [0.1, 0.15) is 31.2 Å². The molecule has 0 N–H and O–H groups in total. The minimum Gasteiger partial charge on any atom is -0.366 e. The molecule has 0 aromatic heterocycles. The Kier molecular flexibility index (Phi) is 3.44. The molecule has 92 valence electrons. The highest BCUT2D eigenvalue weighted by molar-refractivity contribution is 5.14. The Balaban J connectivity index is 1.69. The maximum atomic E-state index is 5.75. The van der Waals surface area contributed by atoms with E-state index in [1.807, 2.05) is 0 Å². The molecule has 17 heavy (non-hydrogen) atoms. The van der Waals surface area contributed by atoms with Crippen molar-refractivity contribution in [2.75, 3.05) is 13.3 Å². The lowest BCUT2D eigenvalue weighted by atomic mass is 9.83. The summed E-state index contributed by atoms with van der Waals surface area (Å²) >= 11 is 0. The molecule has 3 rings (SSSR count). The van der Waals surface area contributed by atoms with Gasteiger partial charge in [0.1, 0.15) is 0 Å². The van der Waals surface area contributed by atoms with Crippen molar-refractivity contribution in [3.63, 3.8) is 0 Å². The zero-order valence-electron chi connectivity index (χ0n) is 10.3. The van der Waals surface area contributed by atoms with Crippen molar-refractivity contribution >= 4 is 0 Å². The van der Waals surface area contributed by atoms with E-state index in [4.69, 9.17) is 4.74 Å². The van der Waals surface area contributed by atoms with Gasteiger partial charge in [0.15, 0.2) is 0 Å². The summed E-state index contributed by atoms with van der Waals surface area (Å²) in [5, 5.41) is 0. The smallest absolute Gasteiger partial charge is 0.0995 e. The molecule has 0 unspecified atom stereocenters. The van der Waals surface area contributed by atoms with Crippen LogP contribution in [0.3, 0.4) is 0 Å². The summed E-state index contributed by atoms with van der Waals surface area (Å²) in [6, 6.07) is 11.5. The molecule has 1 saturated heterocycles. The second-order valence-corrected chi connectivity index (χ2v) is 5.34. The Hall–Kier alpha value is -0.860. The highest BCUT2D eigenvalue weighted by Gasteiger charge is 2.33. The number of ether oxygens (including phenoxy) is 1. The summed E-state index contributed by atoms with van der Waals surface area (Å²) in [5.41, 5.74) is 1.40. The van der Waals surface area contributed by atoms with E-state index >= 15 is 0 Å². The molecule has 2 aliphatic rings. The van der Waals surface area contributed by atoms with Crippen LogP contribution in [-0.4, -0.2) is 24.3 Å². The van der Waals surface area contributed by atoms with Crippen molar-refractivity contribution in [2.45, 2.75) is 38.3 Å². The van der Waals surface area contributed by atoms with Crippen LogP contribution in [-0.2, 0) is 11.3 Å². The van der Waals surface area contributed by atoms with E-state index in [9.17, 15) is 0 Å². The van der Waals surface area contributed by atoms with Gasteiger partial charge in [-0.25, -0.2) is 0 Å². The van der Waals surface area contributed by atoms with E-state index in [0.717, 1.165) is 31.8 Å². The first kappa shape index (κ1) is 11.2. The standard InChI is InChI=1S/C15H21NO/c1-2-6-13(7-3-1)10-16-12-17-11-14-8-4-5-9-15(14)16/h1-3,6-7,14-15H,4-5,8-12H2/t14-,15-/m0/s1. The van der Waals surface area contributed by atoms with Gasteiger partial charge in [-0.1, -0.05) is 43.2 Å². The number of benzene rings is 1. The van der Waals surface area contributed by atoms with Gasteiger partial charge in [0.05, 0.1) is 13.3 Å². The van der Waals surface area contributed by atoms with Crippen LogP contribution in [0.25, 0.3) is 0 Å². The Bertz CT molecular complexity index is 349. The number of rotatable bonds is 2. The molecule has 0 amide bonds. The number of fused-ring (bicyclic) bond motifs is 1. The Morgan fingerprint density at radius 3 is 2.82 bits per heavy atom. The molecule has 1 aliphatic carbocycles. The molecule has 1 heterocycles. The van der Waals surface area contributed by atoms with Crippen molar-refractivity contribution in [2.24, 2.45) is 5.92 Å². The topological polar surface area (TPSA) is 12.5 Å². The maximum absolute atomic E-state index is 5.75. The second kappa shape index (κ2) is 5.19. The molecule has 1 aromatic carbocycles. The quantitative estimate of drug-likeness (QED) is 0.775. The van der Waals surface area contributed by atoms with Gasteiger partial charge in [-0.05, 0) is 24.3 Å². The maximum Gasteiger partial charge on any atom is 0.0995 e. The normalized spacial score (nSPS) is 29.9. The number of hydrogen-bond donors (Lipinski definition) is 0. The predicted molar refractivity (Wildman–Crippen MR) is 68.6 cm³/mol. The lowest BCUT2D eigenvalue weighted by Crippen LogP contribution is -2.49. The number of hydrogen-bond acceptors (Lipinski definition) is 2. The lowest BCUT2D eigenvalue weighted by molar-refractivity contribution is -0.0999. The number of nitrogens with zero attached hydrogens (tertiary/aromatic N) is 1. The Morgan fingerprint density at radius 1 is 1.12 bits per heavy atom. The van der Waals surface area contributed by atoms with Crippen molar-refractivity contribution in [3.05, 3.63) is 35.9 Å². The van der Waals surface area contributed by atoms with Crippen LogP contribution in [0.5, 0.6) is 0 Å². The van der Waals surface area contributed by atoms with E-state index in [1.165, 1.54) is 31.2 Å². The fourth-order valence-corrected chi connectivity index (χ4v) is 3.26. The fraction of sp³-hybridized carbons (Fsp3) is 0.600. The molecule has 0 spiro atoms.